The zero-order valence-corrected chi connectivity index (χ0v) is 15.5. The average Bonchev–Trinajstić information content (AvgIpc) is 2.84. The Morgan fingerprint density at radius 2 is 2.10 bits per heavy atom. The van der Waals surface area contributed by atoms with Crippen molar-refractivity contribution in [1.29, 1.82) is 0 Å². The molecule has 0 saturated carbocycles. The number of rotatable bonds is 5. The molecule has 21 heavy (non-hydrogen) atoms. The van der Waals surface area contributed by atoms with Gasteiger partial charge in [0.25, 0.3) is 0 Å². The third kappa shape index (κ3) is 5.00. The first-order valence-electron chi connectivity index (χ1n) is 8.17. The van der Waals surface area contributed by atoms with Crippen molar-refractivity contribution >= 4 is 21.6 Å². The smallest absolute Gasteiger partial charge is 0.0510 e. The second-order valence-electron chi connectivity index (χ2n) is 7.28. The van der Waals surface area contributed by atoms with Crippen molar-refractivity contribution < 1.29 is 0 Å². The summed E-state index contributed by atoms with van der Waals surface area (Å²) in [6.45, 7) is 12.2. The van der Waals surface area contributed by atoms with E-state index in [-0.39, 0.29) is 5.54 Å². The van der Waals surface area contributed by atoms with Crippen LogP contribution in [0.25, 0.3) is 0 Å². The van der Waals surface area contributed by atoms with Crippen molar-refractivity contribution in [2.75, 3.05) is 18.0 Å². The highest BCUT2D eigenvalue weighted by molar-refractivity contribution is 9.10. The molecular weight excluding hydrogens is 324 g/mol. The summed E-state index contributed by atoms with van der Waals surface area (Å²) in [4.78, 5) is 2.53. The van der Waals surface area contributed by atoms with Gasteiger partial charge in [0.2, 0.25) is 0 Å². The van der Waals surface area contributed by atoms with Crippen molar-refractivity contribution in [3.63, 3.8) is 0 Å². The van der Waals surface area contributed by atoms with Gasteiger partial charge < -0.3 is 10.2 Å². The summed E-state index contributed by atoms with van der Waals surface area (Å²) in [5.41, 5.74) is 2.85. The van der Waals surface area contributed by atoms with Crippen LogP contribution in [0.1, 0.15) is 52.5 Å². The Kier molecular flexibility index (Phi) is 5.73. The molecule has 1 saturated heterocycles. The van der Waals surface area contributed by atoms with Crippen LogP contribution in [0.4, 0.5) is 5.69 Å². The van der Waals surface area contributed by atoms with E-state index in [4.69, 9.17) is 0 Å². The molecule has 1 atom stereocenters. The number of hydrogen-bond acceptors (Lipinski definition) is 2. The molecule has 1 unspecified atom stereocenters. The van der Waals surface area contributed by atoms with E-state index >= 15 is 0 Å². The molecule has 0 aromatic heterocycles. The molecule has 1 aromatic rings. The minimum Gasteiger partial charge on any atom is -0.370 e. The molecule has 1 N–H and O–H groups in total. The van der Waals surface area contributed by atoms with Gasteiger partial charge in [-0.25, -0.2) is 0 Å². The summed E-state index contributed by atoms with van der Waals surface area (Å²) in [6.07, 6.45) is 4.01. The standard InChI is InChI=1S/C18H29BrN2/c1-5-6-14-9-10-21(13-14)17-8-7-15(11-16(17)19)12-20-18(2,3)4/h7-8,11,14,20H,5-6,9-10,12-13H2,1-4H3. The summed E-state index contributed by atoms with van der Waals surface area (Å²) in [5, 5.41) is 3.54. The Labute approximate surface area is 138 Å². The monoisotopic (exact) mass is 352 g/mol. The second-order valence-corrected chi connectivity index (χ2v) is 8.13. The van der Waals surface area contributed by atoms with Crippen LogP contribution < -0.4 is 10.2 Å². The summed E-state index contributed by atoms with van der Waals surface area (Å²) >= 11 is 3.77. The molecule has 3 heteroatoms. The van der Waals surface area contributed by atoms with E-state index in [1.807, 2.05) is 0 Å². The normalized spacial score (nSPS) is 19.3. The van der Waals surface area contributed by atoms with Crippen LogP contribution in [0.15, 0.2) is 22.7 Å². The predicted molar refractivity (Wildman–Crippen MR) is 96.0 cm³/mol. The maximum absolute atomic E-state index is 3.77. The van der Waals surface area contributed by atoms with Gasteiger partial charge in [-0.2, -0.15) is 0 Å². The molecule has 1 fully saturated rings. The molecule has 0 spiro atoms. The van der Waals surface area contributed by atoms with E-state index < -0.39 is 0 Å². The molecule has 0 aliphatic carbocycles. The van der Waals surface area contributed by atoms with Crippen LogP contribution in [0.2, 0.25) is 0 Å². The molecule has 1 aliphatic heterocycles. The lowest BCUT2D eigenvalue weighted by Crippen LogP contribution is -2.35. The fourth-order valence-corrected chi connectivity index (χ4v) is 3.66. The highest BCUT2D eigenvalue weighted by Crippen LogP contribution is 2.32. The van der Waals surface area contributed by atoms with Crippen molar-refractivity contribution in [2.24, 2.45) is 5.92 Å². The van der Waals surface area contributed by atoms with Crippen LogP contribution in [0, 0.1) is 5.92 Å². The largest absolute Gasteiger partial charge is 0.370 e. The molecule has 0 radical (unpaired) electrons. The minimum absolute atomic E-state index is 0.160. The first kappa shape index (κ1) is 16.8. The zero-order chi connectivity index (χ0) is 15.5. The lowest BCUT2D eigenvalue weighted by Gasteiger charge is -2.23. The topological polar surface area (TPSA) is 15.3 Å². The molecule has 118 valence electrons. The number of nitrogens with zero attached hydrogens (tertiary/aromatic N) is 1. The van der Waals surface area contributed by atoms with Gasteiger partial charge in [0, 0.05) is 29.6 Å². The molecule has 0 amide bonds. The van der Waals surface area contributed by atoms with E-state index in [2.05, 4.69) is 72.0 Å². The Balaban J connectivity index is 1.99. The quantitative estimate of drug-likeness (QED) is 0.805. The average molecular weight is 353 g/mol. The van der Waals surface area contributed by atoms with Crippen LogP contribution in [-0.4, -0.2) is 18.6 Å². The van der Waals surface area contributed by atoms with Gasteiger partial charge in [-0.3, -0.25) is 0 Å². The lowest BCUT2D eigenvalue weighted by atomic mass is 10.0. The van der Waals surface area contributed by atoms with Gasteiger partial charge >= 0.3 is 0 Å². The minimum atomic E-state index is 0.160. The van der Waals surface area contributed by atoms with Crippen LogP contribution in [0.5, 0.6) is 0 Å². The molecular formula is C18H29BrN2. The number of halogens is 1. The summed E-state index contributed by atoms with van der Waals surface area (Å²) in [6, 6.07) is 6.80. The van der Waals surface area contributed by atoms with Gasteiger partial charge in [0.15, 0.2) is 0 Å². The van der Waals surface area contributed by atoms with Gasteiger partial charge in [0.1, 0.15) is 0 Å². The van der Waals surface area contributed by atoms with Crippen LogP contribution in [-0.2, 0) is 6.54 Å². The van der Waals surface area contributed by atoms with Crippen molar-refractivity contribution in [1.82, 2.24) is 5.32 Å². The predicted octanol–water partition coefficient (Wildman–Crippen LogP) is 4.96. The van der Waals surface area contributed by atoms with Crippen molar-refractivity contribution in [3.05, 3.63) is 28.2 Å². The molecule has 2 nitrogen and oxygen atoms in total. The van der Waals surface area contributed by atoms with E-state index in [1.165, 1.54) is 48.1 Å². The first-order valence-corrected chi connectivity index (χ1v) is 8.97. The summed E-state index contributed by atoms with van der Waals surface area (Å²) in [7, 11) is 0. The van der Waals surface area contributed by atoms with Crippen molar-refractivity contribution in [2.45, 2.75) is 59.0 Å². The fraction of sp³-hybridized carbons (Fsp3) is 0.667. The second kappa shape index (κ2) is 7.15. The lowest BCUT2D eigenvalue weighted by molar-refractivity contribution is 0.424. The third-order valence-electron chi connectivity index (χ3n) is 4.16. The third-order valence-corrected chi connectivity index (χ3v) is 4.79. The molecule has 2 rings (SSSR count). The van der Waals surface area contributed by atoms with E-state index in [0.717, 1.165) is 12.5 Å². The molecule has 1 aliphatic rings. The van der Waals surface area contributed by atoms with E-state index in [1.54, 1.807) is 0 Å². The number of hydrogen-bond donors (Lipinski definition) is 1. The van der Waals surface area contributed by atoms with Gasteiger partial charge in [-0.05, 0) is 73.2 Å². The maximum Gasteiger partial charge on any atom is 0.0510 e. The Morgan fingerprint density at radius 3 is 2.71 bits per heavy atom. The molecule has 0 bridgehead atoms. The highest BCUT2D eigenvalue weighted by atomic mass is 79.9. The SMILES string of the molecule is CCCC1CCN(c2ccc(CNC(C)(C)C)cc2Br)C1. The van der Waals surface area contributed by atoms with E-state index in [0.29, 0.717) is 0 Å². The Bertz CT molecular complexity index is 465. The Hall–Kier alpha value is -0.540. The summed E-state index contributed by atoms with van der Waals surface area (Å²) < 4.78 is 1.23. The maximum atomic E-state index is 3.77. The van der Waals surface area contributed by atoms with Gasteiger partial charge in [-0.15, -0.1) is 0 Å². The Morgan fingerprint density at radius 1 is 1.33 bits per heavy atom. The molecule has 1 heterocycles. The van der Waals surface area contributed by atoms with E-state index in [9.17, 15) is 0 Å². The van der Waals surface area contributed by atoms with Gasteiger partial charge in [0.05, 0.1) is 5.69 Å². The first-order chi connectivity index (χ1) is 9.89. The highest BCUT2D eigenvalue weighted by Gasteiger charge is 2.23. The van der Waals surface area contributed by atoms with Crippen LogP contribution >= 0.6 is 15.9 Å². The molecule has 1 aromatic carbocycles. The zero-order valence-electron chi connectivity index (χ0n) is 13.9. The number of anilines is 1. The van der Waals surface area contributed by atoms with Gasteiger partial charge in [-0.1, -0.05) is 19.4 Å². The van der Waals surface area contributed by atoms with Crippen LogP contribution in [0.3, 0.4) is 0 Å². The van der Waals surface area contributed by atoms with Crippen molar-refractivity contribution in [3.8, 4) is 0 Å². The number of nitrogens with one attached hydrogen (secondary N) is 1. The fourth-order valence-electron chi connectivity index (χ4n) is 2.98. The summed E-state index contributed by atoms with van der Waals surface area (Å²) in [5.74, 6) is 0.879. The number of benzene rings is 1.